The predicted molar refractivity (Wildman–Crippen MR) is 149 cm³/mol. The van der Waals surface area contributed by atoms with Gasteiger partial charge in [-0.3, -0.25) is 0 Å². The van der Waals surface area contributed by atoms with Crippen LogP contribution in [0, 0.1) is 0 Å². The summed E-state index contributed by atoms with van der Waals surface area (Å²) in [5.41, 5.74) is 0. The molecule has 197 valence electrons. The van der Waals surface area contributed by atoms with Crippen LogP contribution in [-0.2, 0) is 9.28 Å². The van der Waals surface area contributed by atoms with Crippen molar-refractivity contribution < 1.29 is 9.28 Å². The van der Waals surface area contributed by atoms with Crippen molar-refractivity contribution in [2.45, 2.75) is 168 Å². The number of carbonyl (C=O) groups excluding carboxylic acids is 1. The Hall–Kier alpha value is 1.03. The van der Waals surface area contributed by atoms with Crippen LogP contribution in [0.15, 0.2) is 0 Å². The molecule has 0 heterocycles. The third-order valence-electron chi connectivity index (χ3n) is 6.56. The van der Waals surface area contributed by atoms with E-state index in [4.69, 9.17) is 4.49 Å². The summed E-state index contributed by atoms with van der Waals surface area (Å²) in [6.07, 6.45) is 22.0. The van der Waals surface area contributed by atoms with Gasteiger partial charge in [-0.2, -0.15) is 0 Å². The van der Waals surface area contributed by atoms with E-state index >= 15 is 0 Å². The summed E-state index contributed by atoms with van der Waals surface area (Å²) >= 11 is -5.27. The van der Waals surface area contributed by atoms with Gasteiger partial charge in [-0.15, -0.1) is 0 Å². The van der Waals surface area contributed by atoms with Gasteiger partial charge >= 0.3 is 216 Å². The number of hydrogen-bond acceptors (Lipinski definition) is 3. The topological polar surface area (TPSA) is 35.5 Å². The average Bonchev–Trinajstić information content (AvgIpc) is 2.82. The van der Waals surface area contributed by atoms with Gasteiger partial charge < -0.3 is 0 Å². The Morgan fingerprint density at radius 2 is 1.00 bits per heavy atom. The van der Waals surface area contributed by atoms with Crippen molar-refractivity contribution in [2.75, 3.05) is 0 Å². The second-order valence-electron chi connectivity index (χ2n) is 10.0. The SMILES string of the molecule is CCCCCCCCCCCC(=O)[O][Sn]([CH2]CCC)([CH2]CCC)[O][Sn]([CH2]CCC)[CH2]CCC. The number of rotatable bonds is 25. The molecule has 0 rings (SSSR count). The van der Waals surface area contributed by atoms with Crippen LogP contribution in [0.5, 0.6) is 0 Å². The minimum atomic E-state index is -3.34. The average molecular weight is 681 g/mol. The fraction of sp³-hybridized carbons (Fsp3) is 0.964. The normalized spacial score (nSPS) is 11.9. The van der Waals surface area contributed by atoms with Gasteiger partial charge in [0, 0.05) is 0 Å². The molecule has 0 saturated carbocycles. The van der Waals surface area contributed by atoms with Gasteiger partial charge in [0.05, 0.1) is 0 Å². The van der Waals surface area contributed by atoms with Gasteiger partial charge in [0.2, 0.25) is 0 Å². The first kappa shape index (κ1) is 34.0. The Bertz CT molecular complexity index is 415. The van der Waals surface area contributed by atoms with E-state index in [0.29, 0.717) is 6.42 Å². The predicted octanol–water partition coefficient (Wildman–Crippen LogP) is 10.1. The maximum atomic E-state index is 13.0. The molecular formula is C28H59O3Sn2. The summed E-state index contributed by atoms with van der Waals surface area (Å²) in [4.78, 5) is 13.0. The van der Waals surface area contributed by atoms with E-state index in [0.717, 1.165) is 15.3 Å². The third-order valence-corrected chi connectivity index (χ3v) is 34.4. The zero-order valence-corrected chi connectivity index (χ0v) is 29.0. The molecule has 0 aromatic rings. The number of carbonyl (C=O) groups is 1. The molecule has 0 aromatic carbocycles. The minimum absolute atomic E-state index is 0.0784. The van der Waals surface area contributed by atoms with Crippen LogP contribution < -0.4 is 0 Å². The Morgan fingerprint density at radius 3 is 1.45 bits per heavy atom. The van der Waals surface area contributed by atoms with E-state index in [-0.39, 0.29) is 5.97 Å². The summed E-state index contributed by atoms with van der Waals surface area (Å²) in [5, 5.41) is 0. The Kier molecular flexibility index (Phi) is 25.5. The molecule has 0 N–H and O–H groups in total. The fourth-order valence-electron chi connectivity index (χ4n) is 4.32. The summed E-state index contributed by atoms with van der Waals surface area (Å²) in [7, 11) is 0. The first-order chi connectivity index (χ1) is 16.1. The quantitative estimate of drug-likeness (QED) is 0.0711. The fourth-order valence-corrected chi connectivity index (χ4v) is 38.6. The maximum absolute atomic E-state index is 13.0. The van der Waals surface area contributed by atoms with Gasteiger partial charge in [0.25, 0.3) is 0 Å². The van der Waals surface area contributed by atoms with Crippen molar-refractivity contribution in [3.05, 3.63) is 0 Å². The second kappa shape index (κ2) is 24.7. The zero-order chi connectivity index (χ0) is 24.6. The first-order valence-electron chi connectivity index (χ1n) is 14.8. The molecule has 0 amide bonds. The summed E-state index contributed by atoms with van der Waals surface area (Å²) in [6.45, 7) is 11.4. The van der Waals surface area contributed by atoms with Crippen LogP contribution >= 0.6 is 0 Å². The van der Waals surface area contributed by atoms with Crippen LogP contribution in [0.2, 0.25) is 17.7 Å². The van der Waals surface area contributed by atoms with Gasteiger partial charge in [0.1, 0.15) is 0 Å². The molecule has 0 spiro atoms. The molecule has 0 aliphatic heterocycles. The molecule has 3 nitrogen and oxygen atoms in total. The third kappa shape index (κ3) is 19.8. The molecule has 0 saturated heterocycles. The molecule has 0 aliphatic rings. The number of unbranched alkanes of at least 4 members (excludes halogenated alkanes) is 12. The van der Waals surface area contributed by atoms with E-state index in [2.05, 4.69) is 34.6 Å². The summed E-state index contributed by atoms with van der Waals surface area (Å²) in [5.74, 6) is 0.0784. The molecule has 0 atom stereocenters. The molecular weight excluding hydrogens is 622 g/mol. The second-order valence-corrected chi connectivity index (χ2v) is 29.1. The van der Waals surface area contributed by atoms with E-state index in [9.17, 15) is 4.79 Å². The summed E-state index contributed by atoms with van der Waals surface area (Å²) < 4.78 is 18.5. The number of hydrogen-bond donors (Lipinski definition) is 0. The molecule has 0 aromatic heterocycles. The van der Waals surface area contributed by atoms with E-state index in [1.165, 1.54) is 112 Å². The monoisotopic (exact) mass is 683 g/mol. The van der Waals surface area contributed by atoms with Crippen molar-refractivity contribution in [3.63, 3.8) is 0 Å². The van der Waals surface area contributed by atoms with Crippen molar-refractivity contribution in [2.24, 2.45) is 0 Å². The molecule has 5 heteroatoms. The van der Waals surface area contributed by atoms with Gasteiger partial charge in [-0.25, -0.2) is 0 Å². The van der Waals surface area contributed by atoms with Crippen molar-refractivity contribution >= 4 is 45.3 Å². The zero-order valence-electron chi connectivity index (χ0n) is 23.3. The van der Waals surface area contributed by atoms with E-state index < -0.39 is 39.4 Å². The Labute approximate surface area is 221 Å². The Morgan fingerprint density at radius 1 is 0.576 bits per heavy atom. The van der Waals surface area contributed by atoms with Crippen LogP contribution in [0.1, 0.15) is 150 Å². The van der Waals surface area contributed by atoms with Crippen molar-refractivity contribution in [1.82, 2.24) is 0 Å². The van der Waals surface area contributed by atoms with Gasteiger partial charge in [0.15, 0.2) is 0 Å². The van der Waals surface area contributed by atoms with E-state index in [1.54, 1.807) is 0 Å². The van der Waals surface area contributed by atoms with Gasteiger partial charge in [-0.1, -0.05) is 6.92 Å². The Balaban J connectivity index is 4.82. The standard InChI is InChI=1S/C12H24O2.4C4H9.O.2Sn/c1-2-3-4-5-6-7-8-9-10-11-12(13)14;4*1-3-4-2;;;/h2-11H2,1H3,(H,13,14);4*1,3-4H2,2H3;;;/q;;;;;;;+1/p-1. The van der Waals surface area contributed by atoms with Crippen molar-refractivity contribution in [3.8, 4) is 0 Å². The summed E-state index contributed by atoms with van der Waals surface area (Å²) in [6, 6.07) is 0. The first-order valence-corrected chi connectivity index (χ1v) is 26.4. The van der Waals surface area contributed by atoms with Crippen LogP contribution in [0.3, 0.4) is 0 Å². The molecule has 0 unspecified atom stereocenters. The van der Waals surface area contributed by atoms with Gasteiger partial charge in [-0.05, 0) is 0 Å². The molecule has 0 bridgehead atoms. The molecule has 33 heavy (non-hydrogen) atoms. The van der Waals surface area contributed by atoms with Crippen molar-refractivity contribution in [1.29, 1.82) is 0 Å². The van der Waals surface area contributed by atoms with Crippen LogP contribution in [0.25, 0.3) is 0 Å². The van der Waals surface area contributed by atoms with Crippen LogP contribution in [0.4, 0.5) is 0 Å². The van der Waals surface area contributed by atoms with Crippen LogP contribution in [-0.4, -0.2) is 45.3 Å². The molecule has 0 fully saturated rings. The van der Waals surface area contributed by atoms with E-state index in [1.807, 2.05) is 0 Å². The molecule has 1 radical (unpaired) electrons. The molecule has 0 aliphatic carbocycles.